The van der Waals surface area contributed by atoms with Crippen LogP contribution in [-0.2, 0) is 11.3 Å². The summed E-state index contributed by atoms with van der Waals surface area (Å²) in [5.74, 6) is 0.726. The Bertz CT molecular complexity index is 631. The van der Waals surface area contributed by atoms with Gasteiger partial charge in [-0.2, -0.15) is 0 Å². The number of halogens is 1. The van der Waals surface area contributed by atoms with Gasteiger partial charge in [-0.1, -0.05) is 36.4 Å². The van der Waals surface area contributed by atoms with E-state index in [1.165, 1.54) is 0 Å². The van der Waals surface area contributed by atoms with Crippen molar-refractivity contribution in [2.45, 2.75) is 19.6 Å². The Morgan fingerprint density at radius 2 is 1.95 bits per heavy atom. The molecule has 1 unspecified atom stereocenters. The van der Waals surface area contributed by atoms with Crippen LogP contribution < -0.4 is 10.1 Å². The zero-order valence-electron chi connectivity index (χ0n) is 12.5. The van der Waals surface area contributed by atoms with Crippen LogP contribution in [-0.4, -0.2) is 13.2 Å². The molecule has 116 valence electrons. The number of rotatable bonds is 5. The Balaban J connectivity index is 1.91. The molecule has 22 heavy (non-hydrogen) atoms. The lowest BCUT2D eigenvalue weighted by Crippen LogP contribution is -2.27. The zero-order chi connectivity index (χ0) is 15.9. The number of nitrogens with one attached hydrogen (secondary N) is 1. The molecular formula is C17H18BrNO3. The summed E-state index contributed by atoms with van der Waals surface area (Å²) in [5, 5.41) is 2.81. The summed E-state index contributed by atoms with van der Waals surface area (Å²) in [6, 6.07) is 15.1. The van der Waals surface area contributed by atoms with Gasteiger partial charge in [0.25, 0.3) is 0 Å². The van der Waals surface area contributed by atoms with Crippen molar-refractivity contribution in [2.75, 3.05) is 7.11 Å². The molecule has 2 aromatic rings. The molecule has 4 nitrogen and oxygen atoms in total. The molecule has 0 aliphatic carbocycles. The number of methoxy groups -OCH3 is 1. The van der Waals surface area contributed by atoms with E-state index >= 15 is 0 Å². The highest BCUT2D eigenvalue weighted by atomic mass is 79.9. The van der Waals surface area contributed by atoms with Crippen LogP contribution in [0, 0.1) is 0 Å². The van der Waals surface area contributed by atoms with E-state index in [0.29, 0.717) is 0 Å². The second kappa shape index (κ2) is 7.84. The van der Waals surface area contributed by atoms with Gasteiger partial charge in [-0.25, -0.2) is 4.79 Å². The number of amides is 1. The average molecular weight is 364 g/mol. The molecule has 0 heterocycles. The predicted octanol–water partition coefficient (Wildman–Crippen LogP) is 4.45. The Labute approximate surface area is 138 Å². The number of alkyl carbamates (subject to hydrolysis) is 1. The van der Waals surface area contributed by atoms with Crippen LogP contribution in [0.1, 0.15) is 24.1 Å². The maximum absolute atomic E-state index is 11.8. The van der Waals surface area contributed by atoms with Crippen molar-refractivity contribution < 1.29 is 14.3 Å². The van der Waals surface area contributed by atoms with Gasteiger partial charge in [0.15, 0.2) is 0 Å². The molecule has 1 amide bonds. The van der Waals surface area contributed by atoms with Crippen molar-refractivity contribution in [2.24, 2.45) is 0 Å². The van der Waals surface area contributed by atoms with Crippen LogP contribution >= 0.6 is 15.9 Å². The number of benzene rings is 2. The van der Waals surface area contributed by atoms with Crippen molar-refractivity contribution in [3.63, 3.8) is 0 Å². The first kappa shape index (κ1) is 16.4. The van der Waals surface area contributed by atoms with Gasteiger partial charge < -0.3 is 14.8 Å². The van der Waals surface area contributed by atoms with Crippen molar-refractivity contribution in [1.29, 1.82) is 0 Å². The van der Waals surface area contributed by atoms with Gasteiger partial charge in [0.05, 0.1) is 17.6 Å². The first-order valence-corrected chi connectivity index (χ1v) is 7.70. The normalized spacial score (nSPS) is 11.6. The van der Waals surface area contributed by atoms with Gasteiger partial charge in [-0.15, -0.1) is 0 Å². The van der Waals surface area contributed by atoms with Gasteiger partial charge in [0.2, 0.25) is 0 Å². The minimum atomic E-state index is -0.446. The minimum Gasteiger partial charge on any atom is -0.496 e. The summed E-state index contributed by atoms with van der Waals surface area (Å²) in [5.41, 5.74) is 1.90. The van der Waals surface area contributed by atoms with Crippen LogP contribution in [0.5, 0.6) is 5.75 Å². The molecule has 1 atom stereocenters. The van der Waals surface area contributed by atoms with Crippen molar-refractivity contribution in [3.8, 4) is 5.75 Å². The molecule has 0 aliphatic rings. The second-order valence-corrected chi connectivity index (χ2v) is 5.68. The SMILES string of the molecule is COc1cc(C(C)NC(=O)OCc2ccccc2)ccc1Br. The van der Waals surface area contributed by atoms with E-state index in [0.717, 1.165) is 21.3 Å². The standard InChI is InChI=1S/C17H18BrNO3/c1-12(14-8-9-15(18)16(10-14)21-2)19-17(20)22-11-13-6-4-3-5-7-13/h3-10,12H,11H2,1-2H3,(H,19,20). The molecule has 1 N–H and O–H groups in total. The first-order chi connectivity index (χ1) is 10.6. The maximum Gasteiger partial charge on any atom is 0.407 e. The third kappa shape index (κ3) is 4.49. The van der Waals surface area contributed by atoms with E-state index in [2.05, 4.69) is 21.2 Å². The monoisotopic (exact) mass is 363 g/mol. The van der Waals surface area contributed by atoms with Crippen molar-refractivity contribution in [3.05, 3.63) is 64.1 Å². The zero-order valence-corrected chi connectivity index (χ0v) is 14.1. The maximum atomic E-state index is 11.8. The number of hydrogen-bond donors (Lipinski definition) is 1. The topological polar surface area (TPSA) is 47.6 Å². The lowest BCUT2D eigenvalue weighted by atomic mass is 10.1. The number of hydrogen-bond acceptors (Lipinski definition) is 3. The van der Waals surface area contributed by atoms with Gasteiger partial charge in [0, 0.05) is 0 Å². The van der Waals surface area contributed by atoms with Gasteiger partial charge in [-0.05, 0) is 46.1 Å². The fraction of sp³-hybridized carbons (Fsp3) is 0.235. The van der Waals surface area contributed by atoms with E-state index in [1.54, 1.807) is 7.11 Å². The van der Waals surface area contributed by atoms with Crippen molar-refractivity contribution in [1.82, 2.24) is 5.32 Å². The van der Waals surface area contributed by atoms with E-state index in [4.69, 9.17) is 9.47 Å². The van der Waals surface area contributed by atoms with Crippen LogP contribution in [0.2, 0.25) is 0 Å². The molecule has 5 heteroatoms. The molecule has 2 rings (SSSR count). The highest BCUT2D eigenvalue weighted by Crippen LogP contribution is 2.28. The summed E-state index contributed by atoms with van der Waals surface area (Å²) in [6.45, 7) is 2.15. The summed E-state index contributed by atoms with van der Waals surface area (Å²) < 4.78 is 11.3. The van der Waals surface area contributed by atoms with E-state index in [9.17, 15) is 4.79 Å². The molecule has 0 spiro atoms. The molecule has 0 bridgehead atoms. The molecule has 0 fully saturated rings. The summed E-state index contributed by atoms with van der Waals surface area (Å²) in [4.78, 5) is 11.8. The number of ether oxygens (including phenoxy) is 2. The summed E-state index contributed by atoms with van der Waals surface area (Å²) in [7, 11) is 1.61. The number of carbonyl (C=O) groups is 1. The molecule has 2 aromatic carbocycles. The van der Waals surface area contributed by atoms with Crippen LogP contribution in [0.3, 0.4) is 0 Å². The van der Waals surface area contributed by atoms with E-state index < -0.39 is 6.09 Å². The third-order valence-corrected chi connectivity index (χ3v) is 3.88. The Morgan fingerprint density at radius 1 is 1.23 bits per heavy atom. The Hall–Kier alpha value is -2.01. The molecule has 0 saturated heterocycles. The lowest BCUT2D eigenvalue weighted by Gasteiger charge is -2.16. The van der Waals surface area contributed by atoms with Crippen molar-refractivity contribution >= 4 is 22.0 Å². The Kier molecular flexibility index (Phi) is 5.83. The molecular weight excluding hydrogens is 346 g/mol. The molecule has 0 aromatic heterocycles. The van der Waals surface area contributed by atoms with Crippen LogP contribution in [0.4, 0.5) is 4.79 Å². The van der Waals surface area contributed by atoms with Gasteiger partial charge in [-0.3, -0.25) is 0 Å². The van der Waals surface area contributed by atoms with E-state index in [1.807, 2.05) is 55.5 Å². The Morgan fingerprint density at radius 3 is 2.64 bits per heavy atom. The van der Waals surface area contributed by atoms with E-state index in [-0.39, 0.29) is 12.6 Å². The summed E-state index contributed by atoms with van der Waals surface area (Å²) >= 11 is 3.40. The van der Waals surface area contributed by atoms with Crippen LogP contribution in [0.15, 0.2) is 53.0 Å². The highest BCUT2D eigenvalue weighted by molar-refractivity contribution is 9.10. The van der Waals surface area contributed by atoms with Crippen LogP contribution in [0.25, 0.3) is 0 Å². The average Bonchev–Trinajstić information content (AvgIpc) is 2.54. The third-order valence-electron chi connectivity index (χ3n) is 3.22. The fourth-order valence-electron chi connectivity index (χ4n) is 1.97. The molecule has 0 radical (unpaired) electrons. The molecule has 0 saturated carbocycles. The fourth-order valence-corrected chi connectivity index (χ4v) is 2.38. The molecule has 0 aliphatic heterocycles. The quantitative estimate of drug-likeness (QED) is 0.853. The summed E-state index contributed by atoms with van der Waals surface area (Å²) in [6.07, 6.45) is -0.446. The lowest BCUT2D eigenvalue weighted by molar-refractivity contribution is 0.136. The largest absolute Gasteiger partial charge is 0.496 e. The van der Waals surface area contributed by atoms with Gasteiger partial charge in [0.1, 0.15) is 12.4 Å². The highest BCUT2D eigenvalue weighted by Gasteiger charge is 2.12. The predicted molar refractivity (Wildman–Crippen MR) is 88.9 cm³/mol. The first-order valence-electron chi connectivity index (χ1n) is 6.91. The smallest absolute Gasteiger partial charge is 0.407 e. The second-order valence-electron chi connectivity index (χ2n) is 4.82. The minimum absolute atomic E-state index is 0.176. The van der Waals surface area contributed by atoms with Gasteiger partial charge >= 0.3 is 6.09 Å². The number of carbonyl (C=O) groups excluding carboxylic acids is 1.